The van der Waals surface area contributed by atoms with Crippen molar-refractivity contribution in [3.8, 4) is 17.0 Å². The first-order valence-corrected chi connectivity index (χ1v) is 8.45. The zero-order valence-electron chi connectivity index (χ0n) is 14.8. The Kier molecular flexibility index (Phi) is 4.98. The first-order valence-electron chi connectivity index (χ1n) is 8.45. The molecule has 2 aromatic carbocycles. The van der Waals surface area contributed by atoms with E-state index in [-0.39, 0.29) is 5.91 Å². The minimum absolute atomic E-state index is 0.0102. The summed E-state index contributed by atoms with van der Waals surface area (Å²) in [4.78, 5) is 16.4. The number of benzene rings is 2. The molecule has 128 valence electrons. The number of carbonyl (C=O) groups is 1. The minimum atomic E-state index is 0.0102. The molecule has 25 heavy (non-hydrogen) atoms. The van der Waals surface area contributed by atoms with Gasteiger partial charge in [-0.15, -0.1) is 0 Å². The molecule has 0 bridgehead atoms. The number of carbonyl (C=O) groups excluding carboxylic acids is 1. The molecule has 0 fully saturated rings. The maximum absolute atomic E-state index is 11.6. The summed E-state index contributed by atoms with van der Waals surface area (Å²) in [7, 11) is 1.65. The summed E-state index contributed by atoms with van der Waals surface area (Å²) < 4.78 is 5.49. The second-order valence-electron chi connectivity index (χ2n) is 5.98. The molecule has 1 N–H and O–H groups in total. The van der Waals surface area contributed by atoms with Crippen LogP contribution in [0.25, 0.3) is 22.2 Å². The molecular weight excluding hydrogens is 312 g/mol. The molecule has 0 atom stereocenters. The van der Waals surface area contributed by atoms with Crippen LogP contribution in [0.4, 0.5) is 0 Å². The molecule has 3 rings (SSSR count). The summed E-state index contributed by atoms with van der Waals surface area (Å²) in [6, 6.07) is 16.1. The maximum atomic E-state index is 11.6. The van der Waals surface area contributed by atoms with Gasteiger partial charge in [-0.1, -0.05) is 6.07 Å². The Morgan fingerprint density at radius 2 is 1.88 bits per heavy atom. The van der Waals surface area contributed by atoms with Gasteiger partial charge >= 0.3 is 0 Å². The van der Waals surface area contributed by atoms with Gasteiger partial charge in [-0.25, -0.2) is 4.98 Å². The van der Waals surface area contributed by atoms with Crippen molar-refractivity contribution in [1.82, 2.24) is 10.3 Å². The van der Waals surface area contributed by atoms with Crippen molar-refractivity contribution in [2.24, 2.45) is 0 Å². The Hall–Kier alpha value is -2.88. The van der Waals surface area contributed by atoms with Gasteiger partial charge in [0, 0.05) is 18.0 Å². The van der Waals surface area contributed by atoms with Crippen LogP contribution in [-0.4, -0.2) is 24.5 Å². The van der Waals surface area contributed by atoms with Crippen LogP contribution in [0, 0.1) is 6.92 Å². The molecule has 1 heterocycles. The highest BCUT2D eigenvalue weighted by atomic mass is 16.5. The van der Waals surface area contributed by atoms with Crippen LogP contribution in [0.2, 0.25) is 0 Å². The van der Waals surface area contributed by atoms with E-state index in [0.29, 0.717) is 13.0 Å². The van der Waals surface area contributed by atoms with Gasteiger partial charge in [0.25, 0.3) is 0 Å². The van der Waals surface area contributed by atoms with Crippen molar-refractivity contribution < 1.29 is 9.53 Å². The summed E-state index contributed by atoms with van der Waals surface area (Å²) >= 11 is 0. The van der Waals surface area contributed by atoms with E-state index < -0.39 is 0 Å². The highest BCUT2D eigenvalue weighted by Gasteiger charge is 2.08. The number of likely N-dealkylation sites (N-methyl/N-ethyl adjacent to an activating group) is 1. The predicted molar refractivity (Wildman–Crippen MR) is 101 cm³/mol. The first kappa shape index (κ1) is 17.0. The van der Waals surface area contributed by atoms with E-state index in [2.05, 4.69) is 24.4 Å². The third-order valence-electron chi connectivity index (χ3n) is 4.18. The number of ether oxygens (including phenoxy) is 1. The molecule has 3 aromatic rings. The number of hydrogen-bond donors (Lipinski definition) is 1. The molecule has 4 nitrogen and oxygen atoms in total. The van der Waals surface area contributed by atoms with E-state index >= 15 is 0 Å². The summed E-state index contributed by atoms with van der Waals surface area (Å²) in [6.45, 7) is 4.71. The average Bonchev–Trinajstić information content (AvgIpc) is 2.63. The monoisotopic (exact) mass is 334 g/mol. The topological polar surface area (TPSA) is 51.2 Å². The molecule has 0 aliphatic heterocycles. The molecule has 1 aromatic heterocycles. The van der Waals surface area contributed by atoms with Crippen molar-refractivity contribution in [2.45, 2.75) is 20.3 Å². The molecule has 4 heteroatoms. The number of fused-ring (bicyclic) bond motifs is 1. The number of hydrogen-bond acceptors (Lipinski definition) is 3. The van der Waals surface area contributed by atoms with Crippen molar-refractivity contribution in [3.05, 3.63) is 59.7 Å². The average molecular weight is 334 g/mol. The minimum Gasteiger partial charge on any atom is -0.494 e. The molecule has 0 radical (unpaired) electrons. The highest BCUT2D eigenvalue weighted by Crippen LogP contribution is 2.26. The van der Waals surface area contributed by atoms with E-state index in [0.717, 1.165) is 39.0 Å². The lowest BCUT2D eigenvalue weighted by Gasteiger charge is -2.09. The van der Waals surface area contributed by atoms with Crippen molar-refractivity contribution >= 4 is 16.8 Å². The van der Waals surface area contributed by atoms with E-state index in [1.807, 2.05) is 43.3 Å². The number of aromatic nitrogens is 1. The lowest BCUT2D eigenvalue weighted by Crippen LogP contribution is -2.19. The molecule has 0 spiro atoms. The molecule has 0 aliphatic carbocycles. The van der Waals surface area contributed by atoms with Crippen LogP contribution in [0.15, 0.2) is 48.5 Å². The number of nitrogens with one attached hydrogen (secondary N) is 1. The Bertz CT molecular complexity index is 902. The molecule has 0 aliphatic rings. The van der Waals surface area contributed by atoms with Gasteiger partial charge in [-0.05, 0) is 67.4 Å². The SMILES string of the molecule is CCOc1ccc(-c2cc(C)c3cc(CC(=O)NC)ccc3n2)cc1. The van der Waals surface area contributed by atoms with Crippen LogP contribution in [0.5, 0.6) is 5.75 Å². The number of rotatable bonds is 5. The zero-order valence-corrected chi connectivity index (χ0v) is 14.8. The standard InChI is InChI=1S/C21H22N2O2/c1-4-25-17-8-6-16(7-9-17)20-11-14(2)18-12-15(13-21(24)22-3)5-10-19(18)23-20/h5-12H,4,13H2,1-3H3,(H,22,24). The Morgan fingerprint density at radius 3 is 2.56 bits per heavy atom. The van der Waals surface area contributed by atoms with E-state index in [1.165, 1.54) is 0 Å². The molecule has 0 saturated heterocycles. The lowest BCUT2D eigenvalue weighted by molar-refractivity contribution is -0.119. The number of nitrogens with zero attached hydrogens (tertiary/aromatic N) is 1. The van der Waals surface area contributed by atoms with Gasteiger partial charge in [-0.3, -0.25) is 4.79 Å². The molecule has 1 amide bonds. The first-order chi connectivity index (χ1) is 12.1. The van der Waals surface area contributed by atoms with Crippen molar-refractivity contribution in [3.63, 3.8) is 0 Å². The van der Waals surface area contributed by atoms with E-state index in [1.54, 1.807) is 7.05 Å². The summed E-state index contributed by atoms with van der Waals surface area (Å²) in [5.74, 6) is 0.874. The molecular formula is C21H22N2O2. The Balaban J connectivity index is 1.96. The van der Waals surface area contributed by atoms with Gasteiger partial charge in [0.05, 0.1) is 24.2 Å². The highest BCUT2D eigenvalue weighted by molar-refractivity contribution is 5.87. The normalized spacial score (nSPS) is 10.7. The summed E-state index contributed by atoms with van der Waals surface area (Å²) in [6.07, 6.45) is 0.381. The van der Waals surface area contributed by atoms with Crippen LogP contribution >= 0.6 is 0 Å². The predicted octanol–water partition coefficient (Wildman–Crippen LogP) is 3.90. The number of pyridine rings is 1. The molecule has 0 unspecified atom stereocenters. The fourth-order valence-electron chi connectivity index (χ4n) is 2.86. The number of amides is 1. The Morgan fingerprint density at radius 1 is 1.12 bits per heavy atom. The van der Waals surface area contributed by atoms with Gasteiger partial charge < -0.3 is 10.1 Å². The fraction of sp³-hybridized carbons (Fsp3) is 0.238. The third kappa shape index (κ3) is 3.79. The van der Waals surface area contributed by atoms with Gasteiger partial charge in [0.15, 0.2) is 0 Å². The second-order valence-corrected chi connectivity index (χ2v) is 5.98. The number of aryl methyl sites for hydroxylation is 1. The van der Waals surface area contributed by atoms with Crippen LogP contribution in [0.3, 0.4) is 0 Å². The van der Waals surface area contributed by atoms with Gasteiger partial charge in [0.1, 0.15) is 5.75 Å². The van der Waals surface area contributed by atoms with E-state index in [4.69, 9.17) is 9.72 Å². The van der Waals surface area contributed by atoms with Crippen LogP contribution in [-0.2, 0) is 11.2 Å². The van der Waals surface area contributed by atoms with Gasteiger partial charge in [-0.2, -0.15) is 0 Å². The largest absolute Gasteiger partial charge is 0.494 e. The van der Waals surface area contributed by atoms with Gasteiger partial charge in [0.2, 0.25) is 5.91 Å². The third-order valence-corrected chi connectivity index (χ3v) is 4.18. The fourth-order valence-corrected chi connectivity index (χ4v) is 2.86. The summed E-state index contributed by atoms with van der Waals surface area (Å²) in [5.41, 5.74) is 5.07. The van der Waals surface area contributed by atoms with Crippen LogP contribution < -0.4 is 10.1 Å². The van der Waals surface area contributed by atoms with E-state index in [9.17, 15) is 4.79 Å². The lowest BCUT2D eigenvalue weighted by atomic mass is 10.0. The van der Waals surface area contributed by atoms with Crippen molar-refractivity contribution in [2.75, 3.05) is 13.7 Å². The smallest absolute Gasteiger partial charge is 0.224 e. The van der Waals surface area contributed by atoms with Crippen molar-refractivity contribution in [1.29, 1.82) is 0 Å². The van der Waals surface area contributed by atoms with Crippen LogP contribution in [0.1, 0.15) is 18.1 Å². The second kappa shape index (κ2) is 7.34. The molecule has 0 saturated carbocycles. The summed E-state index contributed by atoms with van der Waals surface area (Å²) in [5, 5.41) is 3.74. The Labute approximate surface area is 147 Å². The zero-order chi connectivity index (χ0) is 17.8. The quantitative estimate of drug-likeness (QED) is 0.770. The maximum Gasteiger partial charge on any atom is 0.224 e.